The van der Waals surface area contributed by atoms with Gasteiger partial charge < -0.3 is 9.47 Å². The Labute approximate surface area is 72.4 Å². The molecule has 1 fully saturated rings. The van der Waals surface area contributed by atoms with E-state index in [-0.39, 0.29) is 5.97 Å². The number of esters is 1. The third-order valence-electron chi connectivity index (χ3n) is 1.82. The molecule has 0 aromatic rings. The van der Waals surface area contributed by atoms with E-state index in [1.165, 1.54) is 0 Å². The van der Waals surface area contributed by atoms with Crippen LogP contribution in [0, 0.1) is 0 Å². The molecule has 0 unspecified atom stereocenters. The second-order valence-electron chi connectivity index (χ2n) is 2.72. The van der Waals surface area contributed by atoms with E-state index in [0.717, 1.165) is 25.2 Å². The maximum Gasteiger partial charge on any atom is 0.337 e. The molecule has 1 aliphatic rings. The van der Waals surface area contributed by atoms with Crippen LogP contribution in [0.3, 0.4) is 0 Å². The van der Waals surface area contributed by atoms with Crippen molar-refractivity contribution in [3.8, 4) is 0 Å². The molecule has 1 rings (SSSR count). The molecule has 0 saturated carbocycles. The highest BCUT2D eigenvalue weighted by Crippen LogP contribution is 2.20. The van der Waals surface area contributed by atoms with Crippen LogP contribution in [-0.4, -0.2) is 19.2 Å². The monoisotopic (exact) mass is 170 g/mol. The summed E-state index contributed by atoms with van der Waals surface area (Å²) in [6.07, 6.45) is 1.87. The Morgan fingerprint density at radius 2 is 2.42 bits per heavy atom. The molecule has 0 aromatic heterocycles. The molecule has 1 aliphatic heterocycles. The van der Waals surface area contributed by atoms with E-state index < -0.39 is 0 Å². The van der Waals surface area contributed by atoms with E-state index in [0.29, 0.717) is 12.2 Å². The molecule has 0 bridgehead atoms. The summed E-state index contributed by atoms with van der Waals surface area (Å²) >= 11 is 0. The first kappa shape index (κ1) is 9.10. The summed E-state index contributed by atoms with van der Waals surface area (Å²) in [4.78, 5) is 11.2. The van der Waals surface area contributed by atoms with Gasteiger partial charge in [-0.2, -0.15) is 0 Å². The van der Waals surface area contributed by atoms with Crippen LogP contribution in [0.2, 0.25) is 0 Å². The largest absolute Gasteiger partial charge is 0.497 e. The van der Waals surface area contributed by atoms with Crippen LogP contribution in [0.15, 0.2) is 11.3 Å². The first-order valence-corrected chi connectivity index (χ1v) is 4.25. The second kappa shape index (κ2) is 4.14. The van der Waals surface area contributed by atoms with Crippen LogP contribution in [0.4, 0.5) is 0 Å². The minimum atomic E-state index is -0.255. The van der Waals surface area contributed by atoms with E-state index in [1.54, 1.807) is 13.8 Å². The standard InChI is InChI=1S/C9H14O3/c1-3-11-9(10)7(2)8-5-4-6-12-8/h3-6H2,1-2H3. The molecule has 0 amide bonds. The summed E-state index contributed by atoms with van der Waals surface area (Å²) in [6.45, 7) is 4.69. The summed E-state index contributed by atoms with van der Waals surface area (Å²) in [5.74, 6) is 0.544. The van der Waals surface area contributed by atoms with E-state index in [4.69, 9.17) is 9.47 Å². The fourth-order valence-corrected chi connectivity index (χ4v) is 1.15. The molecule has 68 valence electrons. The van der Waals surface area contributed by atoms with Gasteiger partial charge in [-0.15, -0.1) is 0 Å². The summed E-state index contributed by atoms with van der Waals surface area (Å²) in [7, 11) is 0. The van der Waals surface area contributed by atoms with Crippen LogP contribution in [0.25, 0.3) is 0 Å². The van der Waals surface area contributed by atoms with E-state index >= 15 is 0 Å². The zero-order valence-corrected chi connectivity index (χ0v) is 7.55. The first-order valence-electron chi connectivity index (χ1n) is 4.25. The van der Waals surface area contributed by atoms with Crippen molar-refractivity contribution in [2.24, 2.45) is 0 Å². The van der Waals surface area contributed by atoms with Crippen molar-refractivity contribution >= 4 is 5.97 Å². The number of carbonyl (C=O) groups is 1. The SMILES string of the molecule is CCOC(=O)C(C)=C1CCCO1. The summed E-state index contributed by atoms with van der Waals surface area (Å²) in [5.41, 5.74) is 0.620. The van der Waals surface area contributed by atoms with Crippen LogP contribution in [0.1, 0.15) is 26.7 Å². The lowest BCUT2D eigenvalue weighted by Gasteiger charge is -2.04. The maximum absolute atomic E-state index is 11.2. The highest BCUT2D eigenvalue weighted by atomic mass is 16.5. The molecule has 0 radical (unpaired) electrons. The Balaban J connectivity index is 2.60. The number of allylic oxidation sites excluding steroid dienone is 1. The predicted octanol–water partition coefficient (Wildman–Crippen LogP) is 1.63. The Hall–Kier alpha value is -0.990. The summed E-state index contributed by atoms with van der Waals surface area (Å²) in [6, 6.07) is 0. The van der Waals surface area contributed by atoms with Crippen molar-refractivity contribution in [2.75, 3.05) is 13.2 Å². The number of hydrogen-bond donors (Lipinski definition) is 0. The lowest BCUT2D eigenvalue weighted by molar-refractivity contribution is -0.138. The fraction of sp³-hybridized carbons (Fsp3) is 0.667. The number of hydrogen-bond acceptors (Lipinski definition) is 3. The van der Waals surface area contributed by atoms with Gasteiger partial charge in [0.05, 0.1) is 18.8 Å². The molecule has 3 heteroatoms. The average molecular weight is 170 g/mol. The topological polar surface area (TPSA) is 35.5 Å². The van der Waals surface area contributed by atoms with Gasteiger partial charge in [-0.25, -0.2) is 4.79 Å². The Bertz CT molecular complexity index is 198. The van der Waals surface area contributed by atoms with Crippen molar-refractivity contribution in [2.45, 2.75) is 26.7 Å². The van der Waals surface area contributed by atoms with Gasteiger partial charge >= 0.3 is 5.97 Å². The number of rotatable bonds is 2. The minimum Gasteiger partial charge on any atom is -0.497 e. The van der Waals surface area contributed by atoms with Crippen LogP contribution in [-0.2, 0) is 14.3 Å². The molecule has 0 spiro atoms. The molecule has 1 heterocycles. The van der Waals surface area contributed by atoms with E-state index in [9.17, 15) is 4.79 Å². The normalized spacial score (nSPS) is 20.2. The Kier molecular flexibility index (Phi) is 3.14. The molecule has 3 nitrogen and oxygen atoms in total. The molecule has 1 saturated heterocycles. The van der Waals surface area contributed by atoms with Crippen molar-refractivity contribution < 1.29 is 14.3 Å². The molecule has 0 aromatic carbocycles. The van der Waals surface area contributed by atoms with Crippen molar-refractivity contribution in [1.29, 1.82) is 0 Å². The molecule has 0 atom stereocenters. The summed E-state index contributed by atoms with van der Waals surface area (Å²) < 4.78 is 10.1. The van der Waals surface area contributed by atoms with Gasteiger partial charge in [0.15, 0.2) is 0 Å². The maximum atomic E-state index is 11.2. The highest BCUT2D eigenvalue weighted by molar-refractivity contribution is 5.88. The molecule has 12 heavy (non-hydrogen) atoms. The minimum absolute atomic E-state index is 0.255. The zero-order valence-electron chi connectivity index (χ0n) is 7.55. The van der Waals surface area contributed by atoms with Gasteiger partial charge in [0.25, 0.3) is 0 Å². The summed E-state index contributed by atoms with van der Waals surface area (Å²) in [5, 5.41) is 0. The van der Waals surface area contributed by atoms with Crippen LogP contribution in [0.5, 0.6) is 0 Å². The Morgan fingerprint density at radius 1 is 1.67 bits per heavy atom. The van der Waals surface area contributed by atoms with Gasteiger partial charge in [0.1, 0.15) is 5.76 Å². The lowest BCUT2D eigenvalue weighted by atomic mass is 10.2. The van der Waals surface area contributed by atoms with Crippen molar-refractivity contribution in [1.82, 2.24) is 0 Å². The predicted molar refractivity (Wildman–Crippen MR) is 44.5 cm³/mol. The number of ether oxygens (including phenoxy) is 2. The molecule has 0 N–H and O–H groups in total. The second-order valence-corrected chi connectivity index (χ2v) is 2.72. The van der Waals surface area contributed by atoms with Gasteiger partial charge in [0.2, 0.25) is 0 Å². The smallest absolute Gasteiger partial charge is 0.337 e. The Morgan fingerprint density at radius 3 is 2.92 bits per heavy atom. The van der Waals surface area contributed by atoms with Gasteiger partial charge in [-0.05, 0) is 20.3 Å². The third-order valence-corrected chi connectivity index (χ3v) is 1.82. The van der Waals surface area contributed by atoms with Gasteiger partial charge in [-0.1, -0.05) is 0 Å². The van der Waals surface area contributed by atoms with Crippen LogP contribution >= 0.6 is 0 Å². The third kappa shape index (κ3) is 2.00. The molecular weight excluding hydrogens is 156 g/mol. The lowest BCUT2D eigenvalue weighted by Crippen LogP contribution is -2.07. The zero-order chi connectivity index (χ0) is 8.97. The van der Waals surface area contributed by atoms with Gasteiger partial charge in [-0.3, -0.25) is 0 Å². The van der Waals surface area contributed by atoms with Crippen molar-refractivity contribution in [3.63, 3.8) is 0 Å². The van der Waals surface area contributed by atoms with Crippen molar-refractivity contribution in [3.05, 3.63) is 11.3 Å². The highest BCUT2D eigenvalue weighted by Gasteiger charge is 2.16. The quantitative estimate of drug-likeness (QED) is 0.466. The van der Waals surface area contributed by atoms with E-state index in [2.05, 4.69) is 0 Å². The average Bonchev–Trinajstić information content (AvgIpc) is 2.55. The number of carbonyl (C=O) groups excluding carboxylic acids is 1. The molecular formula is C9H14O3. The first-order chi connectivity index (χ1) is 5.75. The molecule has 0 aliphatic carbocycles. The van der Waals surface area contributed by atoms with E-state index in [1.807, 2.05) is 0 Å². The fourth-order valence-electron chi connectivity index (χ4n) is 1.15. The van der Waals surface area contributed by atoms with Gasteiger partial charge in [0, 0.05) is 6.42 Å². The van der Waals surface area contributed by atoms with Crippen LogP contribution < -0.4 is 0 Å².